The number of alkyl halides is 3. The van der Waals surface area contributed by atoms with Gasteiger partial charge in [-0.25, -0.2) is 4.98 Å². The van der Waals surface area contributed by atoms with Gasteiger partial charge in [0.1, 0.15) is 11.3 Å². The van der Waals surface area contributed by atoms with E-state index >= 15 is 0 Å². The first-order chi connectivity index (χ1) is 10.7. The van der Waals surface area contributed by atoms with Gasteiger partial charge in [-0.15, -0.1) is 0 Å². The molecular weight excluding hydrogens is 307 g/mol. The van der Waals surface area contributed by atoms with Gasteiger partial charge in [-0.3, -0.25) is 9.20 Å². The molecule has 0 bridgehead atoms. The van der Waals surface area contributed by atoms with E-state index in [4.69, 9.17) is 0 Å². The van der Waals surface area contributed by atoms with Crippen molar-refractivity contribution in [3.05, 3.63) is 35.3 Å². The third-order valence-electron chi connectivity index (χ3n) is 3.39. The maximum absolute atomic E-state index is 12.9. The summed E-state index contributed by atoms with van der Waals surface area (Å²) in [5.41, 5.74) is 0.251. The van der Waals surface area contributed by atoms with Crippen molar-refractivity contribution in [2.24, 2.45) is 5.92 Å². The Balaban J connectivity index is 2.53. The van der Waals surface area contributed by atoms with Crippen LogP contribution in [-0.2, 0) is 12.6 Å². The molecule has 7 heteroatoms. The Morgan fingerprint density at radius 2 is 2.04 bits per heavy atom. The Bertz CT molecular complexity index is 704. The van der Waals surface area contributed by atoms with Crippen molar-refractivity contribution in [2.45, 2.75) is 39.8 Å². The Hall–Kier alpha value is -2.05. The van der Waals surface area contributed by atoms with Crippen molar-refractivity contribution in [1.29, 1.82) is 0 Å². The molecular formula is C16H20F3N3O. The maximum atomic E-state index is 12.9. The molecule has 0 spiro atoms. The van der Waals surface area contributed by atoms with Crippen molar-refractivity contribution < 1.29 is 18.0 Å². The fourth-order valence-corrected chi connectivity index (χ4v) is 2.29. The SMILES string of the molecule is CCCc1nc2ccc(C(F)(F)F)cn2c1C(=O)NCC(C)C. The van der Waals surface area contributed by atoms with Gasteiger partial charge in [0.2, 0.25) is 0 Å². The lowest BCUT2D eigenvalue weighted by atomic mass is 10.2. The first-order valence-electron chi connectivity index (χ1n) is 7.60. The normalized spacial score (nSPS) is 12.1. The van der Waals surface area contributed by atoms with Crippen LogP contribution in [0, 0.1) is 5.92 Å². The third kappa shape index (κ3) is 3.83. The van der Waals surface area contributed by atoms with Crippen LogP contribution in [0.1, 0.15) is 48.9 Å². The second-order valence-corrected chi connectivity index (χ2v) is 5.90. The van der Waals surface area contributed by atoms with Gasteiger partial charge in [-0.2, -0.15) is 13.2 Å². The molecule has 1 N–H and O–H groups in total. The standard InChI is InChI=1S/C16H20F3N3O/c1-4-5-12-14(15(23)20-8-10(2)3)22-9-11(16(17,18)19)6-7-13(22)21-12/h6-7,9-10H,4-5,8H2,1-3H3,(H,20,23). The van der Waals surface area contributed by atoms with Crippen molar-refractivity contribution in [2.75, 3.05) is 6.54 Å². The monoisotopic (exact) mass is 327 g/mol. The lowest BCUT2D eigenvalue weighted by Crippen LogP contribution is -2.29. The van der Waals surface area contributed by atoms with Crippen molar-refractivity contribution in [3.63, 3.8) is 0 Å². The minimum atomic E-state index is -4.46. The summed E-state index contributed by atoms with van der Waals surface area (Å²) in [5.74, 6) is -0.146. The van der Waals surface area contributed by atoms with E-state index in [-0.39, 0.29) is 11.6 Å². The molecule has 2 aromatic heterocycles. The van der Waals surface area contributed by atoms with Crippen LogP contribution in [0.5, 0.6) is 0 Å². The molecule has 2 heterocycles. The average molecular weight is 327 g/mol. The number of amides is 1. The minimum absolute atomic E-state index is 0.189. The van der Waals surface area contributed by atoms with Gasteiger partial charge in [-0.1, -0.05) is 27.2 Å². The molecule has 0 unspecified atom stereocenters. The summed E-state index contributed by atoms with van der Waals surface area (Å²) in [6.45, 7) is 6.28. The molecule has 2 rings (SSSR count). The molecule has 0 aliphatic rings. The fourth-order valence-electron chi connectivity index (χ4n) is 2.29. The highest BCUT2D eigenvalue weighted by atomic mass is 19.4. The summed E-state index contributed by atoms with van der Waals surface area (Å²) in [4.78, 5) is 16.7. The lowest BCUT2D eigenvalue weighted by molar-refractivity contribution is -0.137. The lowest BCUT2D eigenvalue weighted by Gasteiger charge is -2.10. The number of hydrogen-bond acceptors (Lipinski definition) is 2. The second-order valence-electron chi connectivity index (χ2n) is 5.90. The van der Waals surface area contributed by atoms with E-state index in [1.165, 1.54) is 10.5 Å². The number of fused-ring (bicyclic) bond motifs is 1. The average Bonchev–Trinajstić information content (AvgIpc) is 2.81. The molecule has 0 aliphatic heterocycles. The Morgan fingerprint density at radius 1 is 1.35 bits per heavy atom. The van der Waals surface area contributed by atoms with Gasteiger partial charge in [-0.05, 0) is 24.5 Å². The zero-order valence-electron chi connectivity index (χ0n) is 13.4. The van der Waals surface area contributed by atoms with E-state index in [2.05, 4.69) is 10.3 Å². The Kier molecular flexibility index (Phi) is 4.97. The number of nitrogens with zero attached hydrogens (tertiary/aromatic N) is 2. The molecule has 4 nitrogen and oxygen atoms in total. The van der Waals surface area contributed by atoms with Crippen LogP contribution < -0.4 is 5.32 Å². The van der Waals surface area contributed by atoms with E-state index in [9.17, 15) is 18.0 Å². The van der Waals surface area contributed by atoms with Crippen LogP contribution in [0.2, 0.25) is 0 Å². The van der Waals surface area contributed by atoms with Crippen LogP contribution in [0.15, 0.2) is 18.3 Å². The van der Waals surface area contributed by atoms with Crippen LogP contribution in [0.3, 0.4) is 0 Å². The molecule has 1 amide bonds. The van der Waals surface area contributed by atoms with Gasteiger partial charge < -0.3 is 5.32 Å². The predicted molar refractivity (Wildman–Crippen MR) is 81.4 cm³/mol. The number of imidazole rings is 1. The first-order valence-corrected chi connectivity index (χ1v) is 7.60. The molecule has 0 aliphatic carbocycles. The number of carbonyl (C=O) groups excluding carboxylic acids is 1. The largest absolute Gasteiger partial charge is 0.417 e. The highest BCUT2D eigenvalue weighted by Gasteiger charge is 2.31. The molecule has 2 aromatic rings. The van der Waals surface area contributed by atoms with Gasteiger partial charge in [0.05, 0.1) is 11.3 Å². The van der Waals surface area contributed by atoms with Crippen LogP contribution in [0.4, 0.5) is 13.2 Å². The summed E-state index contributed by atoms with van der Waals surface area (Å²) >= 11 is 0. The van der Waals surface area contributed by atoms with E-state index in [0.717, 1.165) is 18.7 Å². The zero-order valence-corrected chi connectivity index (χ0v) is 13.4. The van der Waals surface area contributed by atoms with Gasteiger partial charge in [0, 0.05) is 12.7 Å². The van der Waals surface area contributed by atoms with Gasteiger partial charge in [0.15, 0.2) is 0 Å². The predicted octanol–water partition coefficient (Wildman–Crippen LogP) is 3.69. The van der Waals surface area contributed by atoms with Crippen LogP contribution in [0.25, 0.3) is 5.65 Å². The van der Waals surface area contributed by atoms with E-state index in [1.54, 1.807) is 0 Å². The number of halogens is 3. The number of rotatable bonds is 5. The number of hydrogen-bond donors (Lipinski definition) is 1. The van der Waals surface area contributed by atoms with E-state index in [1.807, 2.05) is 20.8 Å². The number of aryl methyl sites for hydroxylation is 1. The molecule has 126 valence electrons. The zero-order chi connectivity index (χ0) is 17.2. The number of nitrogens with one attached hydrogen (secondary N) is 1. The Morgan fingerprint density at radius 3 is 2.61 bits per heavy atom. The van der Waals surface area contributed by atoms with Gasteiger partial charge in [0.25, 0.3) is 5.91 Å². The Labute approximate surface area is 132 Å². The van der Waals surface area contributed by atoms with E-state index in [0.29, 0.717) is 24.3 Å². The maximum Gasteiger partial charge on any atom is 0.417 e. The number of pyridine rings is 1. The highest BCUT2D eigenvalue weighted by molar-refractivity contribution is 5.94. The summed E-state index contributed by atoms with van der Waals surface area (Å²) in [6, 6.07) is 2.27. The van der Waals surface area contributed by atoms with Crippen molar-refractivity contribution in [3.8, 4) is 0 Å². The van der Waals surface area contributed by atoms with Crippen LogP contribution >= 0.6 is 0 Å². The molecule has 0 saturated heterocycles. The summed E-state index contributed by atoms with van der Waals surface area (Å²) in [5, 5.41) is 2.75. The van der Waals surface area contributed by atoms with Crippen molar-refractivity contribution in [1.82, 2.24) is 14.7 Å². The molecule has 23 heavy (non-hydrogen) atoms. The topological polar surface area (TPSA) is 46.4 Å². The van der Waals surface area contributed by atoms with Crippen LogP contribution in [-0.4, -0.2) is 21.8 Å². The van der Waals surface area contributed by atoms with E-state index < -0.39 is 17.6 Å². The fraction of sp³-hybridized carbons (Fsp3) is 0.500. The smallest absolute Gasteiger partial charge is 0.350 e. The summed E-state index contributed by atoms with van der Waals surface area (Å²) in [6.07, 6.45) is -2.24. The molecule has 0 aromatic carbocycles. The third-order valence-corrected chi connectivity index (χ3v) is 3.39. The number of aromatic nitrogens is 2. The molecule has 0 atom stereocenters. The van der Waals surface area contributed by atoms with Crippen molar-refractivity contribution >= 4 is 11.6 Å². The summed E-state index contributed by atoms with van der Waals surface area (Å²) < 4.78 is 40.0. The molecule has 0 fully saturated rings. The summed E-state index contributed by atoms with van der Waals surface area (Å²) in [7, 11) is 0. The number of carbonyl (C=O) groups is 1. The quantitative estimate of drug-likeness (QED) is 0.910. The van der Waals surface area contributed by atoms with Gasteiger partial charge >= 0.3 is 6.18 Å². The highest BCUT2D eigenvalue weighted by Crippen LogP contribution is 2.30. The molecule has 0 radical (unpaired) electrons. The molecule has 0 saturated carbocycles. The first kappa shape index (κ1) is 17.3. The second kappa shape index (κ2) is 6.60. The minimum Gasteiger partial charge on any atom is -0.350 e.